The van der Waals surface area contributed by atoms with E-state index in [1.807, 2.05) is 7.05 Å². The minimum Gasteiger partial charge on any atom is -0.381 e. The second kappa shape index (κ2) is 6.40. The van der Waals surface area contributed by atoms with Crippen LogP contribution in [-0.2, 0) is 4.74 Å². The fourth-order valence-corrected chi connectivity index (χ4v) is 3.00. The largest absolute Gasteiger partial charge is 0.381 e. The standard InChI is InChI=1S/C16H26N2O/c1-14-5-7-15(8-6-14)18(3)12-16(11-17-2)9-4-10-19-13-16/h5-8,17H,4,9-13H2,1-3H3. The molecule has 106 valence electrons. The molecule has 0 amide bonds. The Bertz CT molecular complexity index is 377. The molecule has 1 fully saturated rings. The van der Waals surface area contributed by atoms with Gasteiger partial charge < -0.3 is 15.0 Å². The van der Waals surface area contributed by atoms with Gasteiger partial charge in [-0.3, -0.25) is 0 Å². The van der Waals surface area contributed by atoms with Crippen LogP contribution in [0.25, 0.3) is 0 Å². The van der Waals surface area contributed by atoms with E-state index in [0.29, 0.717) is 0 Å². The lowest BCUT2D eigenvalue weighted by Gasteiger charge is -2.40. The Kier molecular flexibility index (Phi) is 4.83. The predicted molar refractivity (Wildman–Crippen MR) is 80.9 cm³/mol. The first-order chi connectivity index (χ1) is 9.15. The number of hydrogen-bond acceptors (Lipinski definition) is 3. The first-order valence-electron chi connectivity index (χ1n) is 7.15. The predicted octanol–water partition coefficient (Wildman–Crippen LogP) is 2.45. The molecular formula is C16H26N2O. The van der Waals surface area contributed by atoms with Gasteiger partial charge in [-0.25, -0.2) is 0 Å². The third kappa shape index (κ3) is 3.71. The number of benzene rings is 1. The highest BCUT2D eigenvalue weighted by Crippen LogP contribution is 2.30. The molecule has 19 heavy (non-hydrogen) atoms. The Balaban J connectivity index is 2.05. The Morgan fingerprint density at radius 1 is 1.32 bits per heavy atom. The van der Waals surface area contributed by atoms with Gasteiger partial charge in [0.1, 0.15) is 0 Å². The lowest BCUT2D eigenvalue weighted by Crippen LogP contribution is -2.47. The summed E-state index contributed by atoms with van der Waals surface area (Å²) in [5, 5.41) is 3.34. The molecule has 0 radical (unpaired) electrons. The number of hydrogen-bond donors (Lipinski definition) is 1. The smallest absolute Gasteiger partial charge is 0.0551 e. The second-order valence-corrected chi connectivity index (χ2v) is 5.88. The highest BCUT2D eigenvalue weighted by Gasteiger charge is 2.33. The molecule has 0 spiro atoms. The number of anilines is 1. The summed E-state index contributed by atoms with van der Waals surface area (Å²) in [6, 6.07) is 8.75. The number of nitrogens with one attached hydrogen (secondary N) is 1. The summed E-state index contributed by atoms with van der Waals surface area (Å²) < 4.78 is 5.73. The van der Waals surface area contributed by atoms with Crippen molar-refractivity contribution in [3.8, 4) is 0 Å². The maximum atomic E-state index is 5.73. The highest BCUT2D eigenvalue weighted by molar-refractivity contribution is 5.47. The van der Waals surface area contributed by atoms with Crippen LogP contribution >= 0.6 is 0 Å². The molecule has 0 aromatic heterocycles. The van der Waals surface area contributed by atoms with Gasteiger partial charge in [0.05, 0.1) is 6.61 Å². The van der Waals surface area contributed by atoms with Crippen molar-refractivity contribution in [2.75, 3.05) is 45.3 Å². The summed E-state index contributed by atoms with van der Waals surface area (Å²) in [6.45, 7) is 5.96. The van der Waals surface area contributed by atoms with Crippen LogP contribution in [0.15, 0.2) is 24.3 Å². The zero-order valence-electron chi connectivity index (χ0n) is 12.4. The molecule has 1 atom stereocenters. The zero-order valence-corrected chi connectivity index (χ0v) is 12.4. The van der Waals surface area contributed by atoms with Crippen molar-refractivity contribution in [1.82, 2.24) is 5.32 Å². The SMILES string of the molecule is CNCC1(CN(C)c2ccc(C)cc2)CCCOC1. The van der Waals surface area contributed by atoms with Crippen molar-refractivity contribution in [3.63, 3.8) is 0 Å². The van der Waals surface area contributed by atoms with E-state index in [0.717, 1.165) is 26.3 Å². The highest BCUT2D eigenvalue weighted by atomic mass is 16.5. The number of aryl methyl sites for hydroxylation is 1. The molecule has 1 aliphatic heterocycles. The van der Waals surface area contributed by atoms with Crippen LogP contribution in [0.3, 0.4) is 0 Å². The second-order valence-electron chi connectivity index (χ2n) is 5.88. The maximum Gasteiger partial charge on any atom is 0.0551 e. The Morgan fingerprint density at radius 2 is 2.05 bits per heavy atom. The molecule has 3 heteroatoms. The van der Waals surface area contributed by atoms with Crippen LogP contribution < -0.4 is 10.2 Å². The summed E-state index contributed by atoms with van der Waals surface area (Å²) in [5.41, 5.74) is 2.84. The van der Waals surface area contributed by atoms with Crippen molar-refractivity contribution in [2.24, 2.45) is 5.41 Å². The number of rotatable bonds is 5. The van der Waals surface area contributed by atoms with Gasteiger partial charge in [-0.1, -0.05) is 17.7 Å². The van der Waals surface area contributed by atoms with E-state index in [1.165, 1.54) is 24.1 Å². The topological polar surface area (TPSA) is 24.5 Å². The molecule has 0 aliphatic carbocycles. The fraction of sp³-hybridized carbons (Fsp3) is 0.625. The number of ether oxygens (including phenoxy) is 1. The van der Waals surface area contributed by atoms with Crippen molar-refractivity contribution in [1.29, 1.82) is 0 Å². The first kappa shape index (κ1) is 14.4. The van der Waals surface area contributed by atoms with Crippen molar-refractivity contribution in [2.45, 2.75) is 19.8 Å². The maximum absolute atomic E-state index is 5.73. The lowest BCUT2D eigenvalue weighted by molar-refractivity contribution is -0.00183. The van der Waals surface area contributed by atoms with Gasteiger partial charge in [0, 0.05) is 37.8 Å². The van der Waals surface area contributed by atoms with Crippen LogP contribution in [0, 0.1) is 12.3 Å². The minimum atomic E-state index is 0.243. The molecule has 1 heterocycles. The zero-order chi connectivity index (χ0) is 13.7. The van der Waals surface area contributed by atoms with E-state index in [4.69, 9.17) is 4.74 Å². The van der Waals surface area contributed by atoms with E-state index in [2.05, 4.69) is 48.5 Å². The lowest BCUT2D eigenvalue weighted by atomic mass is 9.81. The minimum absolute atomic E-state index is 0.243. The van der Waals surface area contributed by atoms with Crippen LogP contribution in [0.1, 0.15) is 18.4 Å². The molecule has 1 unspecified atom stereocenters. The van der Waals surface area contributed by atoms with Crippen molar-refractivity contribution < 1.29 is 4.74 Å². The monoisotopic (exact) mass is 262 g/mol. The third-order valence-corrected chi connectivity index (χ3v) is 4.00. The molecule has 1 aromatic rings. The van der Waals surface area contributed by atoms with Crippen LogP contribution in [0.2, 0.25) is 0 Å². The molecule has 1 aromatic carbocycles. The van der Waals surface area contributed by atoms with Gasteiger partial charge in [0.15, 0.2) is 0 Å². The van der Waals surface area contributed by atoms with Crippen LogP contribution in [0.4, 0.5) is 5.69 Å². The van der Waals surface area contributed by atoms with Crippen LogP contribution in [-0.4, -0.2) is 40.4 Å². The van der Waals surface area contributed by atoms with Gasteiger partial charge in [-0.15, -0.1) is 0 Å². The fourth-order valence-electron chi connectivity index (χ4n) is 3.00. The van der Waals surface area contributed by atoms with Gasteiger partial charge >= 0.3 is 0 Å². The Hall–Kier alpha value is -1.06. The van der Waals surface area contributed by atoms with E-state index >= 15 is 0 Å². The van der Waals surface area contributed by atoms with Gasteiger partial charge in [-0.05, 0) is 38.9 Å². The quantitative estimate of drug-likeness (QED) is 0.882. The Morgan fingerprint density at radius 3 is 2.63 bits per heavy atom. The molecule has 1 saturated heterocycles. The molecular weight excluding hydrogens is 236 g/mol. The van der Waals surface area contributed by atoms with E-state index < -0.39 is 0 Å². The first-order valence-corrected chi connectivity index (χ1v) is 7.15. The van der Waals surface area contributed by atoms with Gasteiger partial charge in [0.25, 0.3) is 0 Å². The van der Waals surface area contributed by atoms with Crippen LogP contribution in [0.5, 0.6) is 0 Å². The average molecular weight is 262 g/mol. The Labute approximate surface area is 116 Å². The summed E-state index contributed by atoms with van der Waals surface area (Å²) in [7, 11) is 4.21. The third-order valence-electron chi connectivity index (χ3n) is 4.00. The molecule has 0 saturated carbocycles. The molecule has 2 rings (SSSR count). The van der Waals surface area contributed by atoms with Gasteiger partial charge in [0.2, 0.25) is 0 Å². The summed E-state index contributed by atoms with van der Waals surface area (Å²) >= 11 is 0. The number of nitrogens with zero attached hydrogens (tertiary/aromatic N) is 1. The molecule has 1 N–H and O–H groups in total. The van der Waals surface area contributed by atoms with E-state index in [1.54, 1.807) is 0 Å². The summed E-state index contributed by atoms with van der Waals surface area (Å²) in [4.78, 5) is 2.35. The summed E-state index contributed by atoms with van der Waals surface area (Å²) in [6.07, 6.45) is 2.41. The average Bonchev–Trinajstić information content (AvgIpc) is 2.40. The molecule has 0 bridgehead atoms. The van der Waals surface area contributed by atoms with E-state index in [9.17, 15) is 0 Å². The van der Waals surface area contributed by atoms with E-state index in [-0.39, 0.29) is 5.41 Å². The van der Waals surface area contributed by atoms with Crippen molar-refractivity contribution in [3.05, 3.63) is 29.8 Å². The summed E-state index contributed by atoms with van der Waals surface area (Å²) in [5.74, 6) is 0. The molecule has 1 aliphatic rings. The molecule has 3 nitrogen and oxygen atoms in total. The van der Waals surface area contributed by atoms with Crippen molar-refractivity contribution >= 4 is 5.69 Å². The van der Waals surface area contributed by atoms with Gasteiger partial charge in [-0.2, -0.15) is 0 Å². The normalized spacial score (nSPS) is 23.3.